The van der Waals surface area contributed by atoms with Crippen molar-refractivity contribution in [3.63, 3.8) is 0 Å². The summed E-state index contributed by atoms with van der Waals surface area (Å²) in [6.45, 7) is 7.00. The van der Waals surface area contributed by atoms with E-state index in [-0.39, 0.29) is 38.9 Å². The fourth-order valence-electron chi connectivity index (χ4n) is 3.34. The van der Waals surface area contributed by atoms with Gasteiger partial charge in [0, 0.05) is 0 Å². The van der Waals surface area contributed by atoms with Gasteiger partial charge in [-0.1, -0.05) is 108 Å². The lowest BCUT2D eigenvalue weighted by molar-refractivity contribution is 0.461. The fourth-order valence-corrected chi connectivity index (χ4v) is 6.29. The summed E-state index contributed by atoms with van der Waals surface area (Å²) in [5.74, 6) is 0. The molecule has 0 spiro atoms. The van der Waals surface area contributed by atoms with Crippen LogP contribution in [0, 0.1) is 0 Å². The van der Waals surface area contributed by atoms with Crippen molar-refractivity contribution >= 4 is 32.8 Å². The van der Waals surface area contributed by atoms with Gasteiger partial charge in [-0.15, -0.1) is 20.5 Å². The van der Waals surface area contributed by atoms with Gasteiger partial charge in [0.05, 0.1) is 0 Å². The maximum atomic E-state index is 2.41. The minimum Gasteiger partial charge on any atom is -0.344 e. The highest BCUT2D eigenvalue weighted by Gasteiger charge is 2.31. The van der Waals surface area contributed by atoms with Crippen LogP contribution < -0.4 is 6.15 Å². The third-order valence-corrected chi connectivity index (χ3v) is 7.59. The summed E-state index contributed by atoms with van der Waals surface area (Å²) in [6.07, 6.45) is 11.1. The van der Waals surface area contributed by atoms with Gasteiger partial charge < -0.3 is 6.15 Å². The molecule has 0 bridgehead atoms. The van der Waals surface area contributed by atoms with Crippen LogP contribution in [0.5, 0.6) is 0 Å². The third-order valence-electron chi connectivity index (χ3n) is 4.66. The molecule has 0 amide bonds. The standard InChI is InChI=1S/C15H23.C4H9.ClH.Mg.H3N/c1-3-5-10-14(11-6-4-2)15-12-8-7-9-13-15;1-3-4-2;;;/h7-9,12-13H,3-6,10-11H2,1-2H3;1,3-4H2,2H3;1H;;1H3. The Balaban J connectivity index is 0. The van der Waals surface area contributed by atoms with Gasteiger partial charge in [-0.25, -0.2) is 0 Å². The largest absolute Gasteiger partial charge is 0.380 e. The first-order chi connectivity index (χ1) is 9.79. The number of hydrogen-bond acceptors (Lipinski definition) is 1. The Morgan fingerprint density at radius 1 is 0.818 bits per heavy atom. The first kappa shape index (κ1) is 24.5. The van der Waals surface area contributed by atoms with Crippen molar-refractivity contribution in [1.29, 1.82) is 0 Å². The van der Waals surface area contributed by atoms with E-state index in [2.05, 4.69) is 51.1 Å². The average molecular weight is 338 g/mol. The molecule has 1 aromatic rings. The summed E-state index contributed by atoms with van der Waals surface area (Å²) in [5.41, 5.74) is 1.66. The van der Waals surface area contributed by atoms with Gasteiger partial charge in [0.15, 0.2) is 0 Å². The molecule has 126 valence electrons. The van der Waals surface area contributed by atoms with Gasteiger partial charge in [0.1, 0.15) is 0 Å². The molecule has 0 aliphatic rings. The summed E-state index contributed by atoms with van der Waals surface area (Å²) >= 11 is -0.0315. The molecule has 22 heavy (non-hydrogen) atoms. The lowest BCUT2D eigenvalue weighted by atomic mass is 9.87. The molecule has 1 aromatic carbocycles. The van der Waals surface area contributed by atoms with Crippen LogP contribution in [-0.2, 0) is 3.54 Å². The van der Waals surface area contributed by atoms with E-state index in [4.69, 9.17) is 0 Å². The normalized spacial score (nSPS) is 10.3. The van der Waals surface area contributed by atoms with Crippen LogP contribution in [0.1, 0.15) is 77.7 Å². The molecule has 0 saturated carbocycles. The number of rotatable bonds is 11. The summed E-state index contributed by atoms with van der Waals surface area (Å²) < 4.78 is 2.11. The highest BCUT2D eigenvalue weighted by atomic mass is 35.5. The zero-order chi connectivity index (χ0) is 14.7. The maximum absolute atomic E-state index is 2.41. The molecule has 0 heterocycles. The smallest absolute Gasteiger partial charge is 0.344 e. The van der Waals surface area contributed by atoms with Gasteiger partial charge in [-0.3, -0.25) is 0 Å². The van der Waals surface area contributed by atoms with Crippen LogP contribution in [0.15, 0.2) is 30.3 Å². The number of unbranched alkanes of at least 4 members (excludes halogenated alkanes) is 3. The molecular formula is C19H36ClMgN. The molecule has 0 radical (unpaired) electrons. The Morgan fingerprint density at radius 2 is 1.32 bits per heavy atom. The highest BCUT2D eigenvalue weighted by Crippen LogP contribution is 2.35. The number of hydrogen-bond donors (Lipinski definition) is 1. The van der Waals surface area contributed by atoms with Crippen molar-refractivity contribution in [3.05, 3.63) is 35.9 Å². The molecular weight excluding hydrogens is 302 g/mol. The predicted octanol–water partition coefficient (Wildman–Crippen LogP) is 6.77. The number of benzene rings is 1. The van der Waals surface area contributed by atoms with E-state index in [1.165, 1.54) is 55.9 Å². The summed E-state index contributed by atoms with van der Waals surface area (Å²) in [4.78, 5) is 0. The molecule has 0 unspecified atom stereocenters. The van der Waals surface area contributed by atoms with Crippen LogP contribution in [0.2, 0.25) is 4.55 Å². The first-order valence-electron chi connectivity index (χ1n) is 8.84. The van der Waals surface area contributed by atoms with Crippen LogP contribution in [0.4, 0.5) is 0 Å². The molecule has 0 fully saturated rings. The fraction of sp³-hybridized carbons (Fsp3) is 0.684. The summed E-state index contributed by atoms with van der Waals surface area (Å²) in [7, 11) is 0. The van der Waals surface area contributed by atoms with Crippen molar-refractivity contribution < 1.29 is 0 Å². The Morgan fingerprint density at radius 3 is 1.77 bits per heavy atom. The molecule has 0 aromatic heterocycles. The first-order valence-corrected chi connectivity index (χ1v) is 10.5. The van der Waals surface area contributed by atoms with Gasteiger partial charge in [0.2, 0.25) is 0 Å². The van der Waals surface area contributed by atoms with Crippen molar-refractivity contribution in [2.45, 2.75) is 80.2 Å². The lowest BCUT2D eigenvalue weighted by Gasteiger charge is -2.36. The van der Waals surface area contributed by atoms with Gasteiger partial charge in [-0.2, -0.15) is 0 Å². The van der Waals surface area contributed by atoms with E-state index >= 15 is 0 Å². The second-order valence-corrected chi connectivity index (χ2v) is 8.87. The molecule has 1 nitrogen and oxygen atoms in total. The molecule has 0 atom stereocenters. The van der Waals surface area contributed by atoms with E-state index in [0.29, 0.717) is 3.54 Å². The van der Waals surface area contributed by atoms with Gasteiger partial charge in [-0.05, 0) is 0 Å². The zero-order valence-electron chi connectivity index (χ0n) is 15.1. The Bertz CT molecular complexity index is 335. The molecule has 3 N–H and O–H groups in total. The van der Waals surface area contributed by atoms with E-state index in [9.17, 15) is 0 Å². The van der Waals surface area contributed by atoms with E-state index in [1.807, 2.05) is 0 Å². The second kappa shape index (κ2) is 14.8. The average Bonchev–Trinajstić information content (AvgIpc) is 2.51. The van der Waals surface area contributed by atoms with Crippen molar-refractivity contribution in [2.24, 2.45) is 0 Å². The summed E-state index contributed by atoms with van der Waals surface area (Å²) in [5, 5.41) is 0. The van der Waals surface area contributed by atoms with Crippen LogP contribution >= 0.6 is 12.4 Å². The quantitative estimate of drug-likeness (QED) is 0.351. The van der Waals surface area contributed by atoms with Gasteiger partial charge in [0.25, 0.3) is 0 Å². The topological polar surface area (TPSA) is 35.0 Å². The lowest BCUT2D eigenvalue weighted by Crippen LogP contribution is -2.33. The molecule has 0 aliphatic heterocycles. The third kappa shape index (κ3) is 8.19. The van der Waals surface area contributed by atoms with E-state index in [1.54, 1.807) is 5.56 Å². The zero-order valence-corrected chi connectivity index (χ0v) is 17.3. The Kier molecular flexibility index (Phi) is 16.5. The van der Waals surface area contributed by atoms with Crippen molar-refractivity contribution in [1.82, 2.24) is 6.15 Å². The minimum atomic E-state index is -0.0315. The van der Waals surface area contributed by atoms with Crippen LogP contribution in [-0.4, -0.2) is 20.4 Å². The summed E-state index contributed by atoms with van der Waals surface area (Å²) in [6, 6.07) is 11.5. The van der Waals surface area contributed by atoms with Crippen molar-refractivity contribution in [2.75, 3.05) is 0 Å². The SMILES string of the molecule is CCC[CH2][Mg][C](CCCC)(CCCC)c1ccccc1.Cl.N. The predicted molar refractivity (Wildman–Crippen MR) is 105 cm³/mol. The van der Waals surface area contributed by atoms with Gasteiger partial charge >= 0.3 is 20.4 Å². The molecule has 3 heteroatoms. The monoisotopic (exact) mass is 337 g/mol. The molecule has 0 saturated heterocycles. The van der Waals surface area contributed by atoms with Crippen LogP contribution in [0.25, 0.3) is 0 Å². The minimum absolute atomic E-state index is 0. The van der Waals surface area contributed by atoms with Crippen molar-refractivity contribution in [3.8, 4) is 0 Å². The second-order valence-electron chi connectivity index (χ2n) is 6.31. The number of halogens is 1. The molecule has 0 aliphatic carbocycles. The maximum Gasteiger partial charge on any atom is 0.380 e. The van der Waals surface area contributed by atoms with E-state index < -0.39 is 0 Å². The Hall–Kier alpha value is 0.236. The van der Waals surface area contributed by atoms with Crippen LogP contribution in [0.3, 0.4) is 0 Å². The molecule has 1 rings (SSSR count). The Labute approximate surface area is 154 Å². The highest BCUT2D eigenvalue weighted by molar-refractivity contribution is 6.40. The van der Waals surface area contributed by atoms with E-state index in [0.717, 1.165) is 0 Å².